The van der Waals surface area contributed by atoms with E-state index in [9.17, 15) is 14.4 Å². The zero-order valence-corrected chi connectivity index (χ0v) is 17.3. The van der Waals surface area contributed by atoms with Crippen molar-refractivity contribution in [2.24, 2.45) is 5.92 Å². The highest BCUT2D eigenvalue weighted by atomic mass is 35.6. The predicted octanol–water partition coefficient (Wildman–Crippen LogP) is 2.88. The Bertz CT molecular complexity index is 532. The van der Waals surface area contributed by atoms with Crippen molar-refractivity contribution >= 4 is 53.0 Å². The van der Waals surface area contributed by atoms with Gasteiger partial charge in [-0.05, 0) is 27.2 Å². The first-order valence-electron chi connectivity index (χ1n) is 7.86. The monoisotopic (exact) mass is 432 g/mol. The molecule has 26 heavy (non-hydrogen) atoms. The van der Waals surface area contributed by atoms with E-state index in [0.29, 0.717) is 0 Å². The maximum absolute atomic E-state index is 12.3. The average molecular weight is 434 g/mol. The van der Waals surface area contributed by atoms with E-state index in [1.165, 1.54) is 12.0 Å². The maximum Gasteiger partial charge on any atom is 0.410 e. The molecule has 2 amide bonds. The van der Waals surface area contributed by atoms with Gasteiger partial charge in [0.25, 0.3) is 0 Å². The van der Waals surface area contributed by atoms with Crippen LogP contribution in [0.4, 0.5) is 9.59 Å². The highest BCUT2D eigenvalue weighted by Gasteiger charge is 2.37. The van der Waals surface area contributed by atoms with Crippen LogP contribution in [-0.2, 0) is 19.0 Å². The van der Waals surface area contributed by atoms with Crippen LogP contribution >= 0.6 is 34.8 Å². The third-order valence-electron chi connectivity index (χ3n) is 3.33. The van der Waals surface area contributed by atoms with Crippen LogP contribution in [0, 0.1) is 5.92 Å². The van der Waals surface area contributed by atoms with Gasteiger partial charge in [0.2, 0.25) is 3.79 Å². The predicted molar refractivity (Wildman–Crippen MR) is 96.5 cm³/mol. The molecule has 0 radical (unpaired) electrons. The second kappa shape index (κ2) is 9.19. The fourth-order valence-corrected chi connectivity index (χ4v) is 2.54. The van der Waals surface area contributed by atoms with Crippen LogP contribution in [0.25, 0.3) is 0 Å². The zero-order valence-electron chi connectivity index (χ0n) is 15.0. The highest BCUT2D eigenvalue weighted by molar-refractivity contribution is 6.67. The molecule has 1 rings (SSSR count). The van der Waals surface area contributed by atoms with Crippen LogP contribution in [0.3, 0.4) is 0 Å². The summed E-state index contributed by atoms with van der Waals surface area (Å²) in [6, 6.07) is -0.553. The number of carbonyl (C=O) groups excluding carboxylic acids is 3. The van der Waals surface area contributed by atoms with E-state index in [2.05, 4.69) is 5.32 Å². The number of nitrogens with one attached hydrogen (secondary N) is 1. The number of hydrogen-bond acceptors (Lipinski definition) is 6. The van der Waals surface area contributed by atoms with Gasteiger partial charge in [0, 0.05) is 13.1 Å². The minimum atomic E-state index is -1.74. The van der Waals surface area contributed by atoms with Crippen LogP contribution in [0.15, 0.2) is 0 Å². The molecule has 0 bridgehead atoms. The van der Waals surface area contributed by atoms with Gasteiger partial charge >= 0.3 is 18.2 Å². The number of ether oxygens (including phenoxy) is 3. The van der Waals surface area contributed by atoms with Crippen LogP contribution < -0.4 is 5.32 Å². The number of carbonyl (C=O) groups is 3. The minimum absolute atomic E-state index is 0.128. The molecule has 1 saturated heterocycles. The largest absolute Gasteiger partial charge is 0.469 e. The molecule has 0 aromatic rings. The number of hydrogen-bond donors (Lipinski definition) is 1. The number of piperidine rings is 1. The number of methoxy groups -OCH3 is 1. The van der Waals surface area contributed by atoms with Crippen molar-refractivity contribution in [3.8, 4) is 0 Å². The summed E-state index contributed by atoms with van der Waals surface area (Å²) >= 11 is 16.6. The van der Waals surface area contributed by atoms with Crippen LogP contribution in [0.5, 0.6) is 0 Å². The van der Waals surface area contributed by atoms with E-state index < -0.39 is 46.1 Å². The quantitative estimate of drug-likeness (QED) is 0.418. The Hall–Kier alpha value is -1.12. The minimum Gasteiger partial charge on any atom is -0.469 e. The molecular formula is C15H23Cl3N2O6. The first-order valence-corrected chi connectivity index (χ1v) is 9.00. The van der Waals surface area contributed by atoms with Crippen LogP contribution in [-0.4, -0.2) is 65.3 Å². The fraction of sp³-hybridized carbons (Fsp3) is 0.800. The Balaban J connectivity index is 2.76. The lowest BCUT2D eigenvalue weighted by Gasteiger charge is -2.37. The molecule has 0 spiro atoms. The van der Waals surface area contributed by atoms with Crippen LogP contribution in [0.1, 0.15) is 27.2 Å². The molecule has 0 aromatic heterocycles. The van der Waals surface area contributed by atoms with Crippen molar-refractivity contribution in [3.05, 3.63) is 0 Å². The van der Waals surface area contributed by atoms with Gasteiger partial charge in [0.05, 0.1) is 19.1 Å². The lowest BCUT2D eigenvalue weighted by Crippen LogP contribution is -2.55. The third kappa shape index (κ3) is 8.51. The summed E-state index contributed by atoms with van der Waals surface area (Å²) in [6.07, 6.45) is -1.14. The lowest BCUT2D eigenvalue weighted by atomic mass is 9.94. The molecular weight excluding hydrogens is 411 g/mol. The maximum atomic E-state index is 12.3. The zero-order chi connectivity index (χ0) is 20.1. The number of rotatable bonds is 3. The topological polar surface area (TPSA) is 94.2 Å². The summed E-state index contributed by atoms with van der Waals surface area (Å²) in [4.78, 5) is 37.4. The first kappa shape index (κ1) is 22.9. The molecule has 11 heteroatoms. The normalized spacial score (nSPS) is 21.0. The van der Waals surface area contributed by atoms with Crippen molar-refractivity contribution in [2.45, 2.75) is 42.6 Å². The lowest BCUT2D eigenvalue weighted by molar-refractivity contribution is -0.147. The smallest absolute Gasteiger partial charge is 0.410 e. The van der Waals surface area contributed by atoms with Crippen LogP contribution in [0.2, 0.25) is 0 Å². The summed E-state index contributed by atoms with van der Waals surface area (Å²) in [6.45, 7) is 5.03. The van der Waals surface area contributed by atoms with E-state index in [1.54, 1.807) is 20.8 Å². The Kier molecular flexibility index (Phi) is 8.10. The Morgan fingerprint density at radius 1 is 1.15 bits per heavy atom. The molecule has 0 saturated carbocycles. The third-order valence-corrected chi connectivity index (χ3v) is 3.65. The summed E-state index contributed by atoms with van der Waals surface area (Å²) < 4.78 is 13.1. The molecule has 8 nitrogen and oxygen atoms in total. The molecule has 0 unspecified atom stereocenters. The SMILES string of the molecule is COC(=O)[C@H]1C[C@@H](NC(=O)OCC(Cl)(Cl)Cl)CN(C(=O)OC(C)(C)C)C1. The van der Waals surface area contributed by atoms with Gasteiger partial charge < -0.3 is 24.4 Å². The van der Waals surface area contributed by atoms with Crippen molar-refractivity contribution in [2.75, 3.05) is 26.8 Å². The molecule has 1 fully saturated rings. The van der Waals surface area contributed by atoms with Gasteiger partial charge in [0.15, 0.2) is 0 Å². The van der Waals surface area contributed by atoms with Gasteiger partial charge in [-0.1, -0.05) is 34.8 Å². The molecule has 0 aromatic carbocycles. The molecule has 1 heterocycles. The number of likely N-dealkylation sites (tertiary alicyclic amines) is 1. The second-order valence-corrected chi connectivity index (χ2v) is 9.39. The molecule has 1 N–H and O–H groups in total. The highest BCUT2D eigenvalue weighted by Crippen LogP contribution is 2.26. The Labute approximate surface area is 167 Å². The number of nitrogens with zero attached hydrogens (tertiary/aromatic N) is 1. The number of alkyl carbamates (subject to hydrolysis) is 1. The van der Waals surface area contributed by atoms with Gasteiger partial charge in [0.1, 0.15) is 12.2 Å². The van der Waals surface area contributed by atoms with E-state index in [4.69, 9.17) is 49.0 Å². The average Bonchev–Trinajstić information content (AvgIpc) is 2.49. The van der Waals surface area contributed by atoms with E-state index in [0.717, 1.165) is 0 Å². The van der Waals surface area contributed by atoms with Gasteiger partial charge in [-0.2, -0.15) is 0 Å². The summed E-state index contributed by atoms with van der Waals surface area (Å²) in [7, 11) is 1.26. The molecule has 1 aliphatic heterocycles. The van der Waals surface area contributed by atoms with Gasteiger partial charge in [-0.25, -0.2) is 9.59 Å². The van der Waals surface area contributed by atoms with Gasteiger partial charge in [-0.15, -0.1) is 0 Å². The van der Waals surface area contributed by atoms with E-state index in [-0.39, 0.29) is 19.5 Å². The second-order valence-electron chi connectivity index (χ2n) is 6.87. The molecule has 1 aliphatic rings. The van der Waals surface area contributed by atoms with Crippen molar-refractivity contribution in [3.63, 3.8) is 0 Å². The number of amides is 2. The summed E-state index contributed by atoms with van der Waals surface area (Å²) in [5.74, 6) is -1.10. The van der Waals surface area contributed by atoms with E-state index >= 15 is 0 Å². The molecule has 2 atom stereocenters. The van der Waals surface area contributed by atoms with Crippen molar-refractivity contribution in [1.29, 1.82) is 0 Å². The summed E-state index contributed by atoms with van der Waals surface area (Å²) in [5.41, 5.74) is -0.693. The number of esters is 1. The standard InChI is InChI=1S/C15H23Cl3N2O6/c1-14(2,3)26-13(23)20-6-9(11(21)24-4)5-10(7-20)19-12(22)25-8-15(16,17)18/h9-10H,5-8H2,1-4H3,(H,19,22)/t9-,10+/m0/s1. The number of halogens is 3. The van der Waals surface area contributed by atoms with Crippen molar-refractivity contribution in [1.82, 2.24) is 10.2 Å². The van der Waals surface area contributed by atoms with E-state index in [1.807, 2.05) is 0 Å². The molecule has 0 aliphatic carbocycles. The number of alkyl halides is 3. The fourth-order valence-electron chi connectivity index (χ4n) is 2.37. The van der Waals surface area contributed by atoms with Gasteiger partial charge in [-0.3, -0.25) is 4.79 Å². The summed E-state index contributed by atoms with van der Waals surface area (Å²) in [5, 5.41) is 2.55. The Morgan fingerprint density at radius 3 is 2.27 bits per heavy atom. The molecule has 150 valence electrons. The Morgan fingerprint density at radius 2 is 1.77 bits per heavy atom. The first-order chi connectivity index (χ1) is 11.8. The van der Waals surface area contributed by atoms with Crippen molar-refractivity contribution < 1.29 is 28.6 Å².